The van der Waals surface area contributed by atoms with E-state index in [1.165, 1.54) is 0 Å². The van der Waals surface area contributed by atoms with E-state index in [-0.39, 0.29) is 0 Å². The lowest BCUT2D eigenvalue weighted by Crippen LogP contribution is -1.97. The Morgan fingerprint density at radius 3 is 2.52 bits per heavy atom. The van der Waals surface area contributed by atoms with Crippen molar-refractivity contribution in [2.24, 2.45) is 0 Å². The van der Waals surface area contributed by atoms with Crippen LogP contribution in [-0.2, 0) is 0 Å². The highest BCUT2D eigenvalue weighted by molar-refractivity contribution is 6.30. The van der Waals surface area contributed by atoms with Crippen molar-refractivity contribution in [3.8, 4) is 34.1 Å². The second kappa shape index (κ2) is 6.41. The Morgan fingerprint density at radius 2 is 1.84 bits per heavy atom. The molecule has 0 radical (unpaired) electrons. The summed E-state index contributed by atoms with van der Waals surface area (Å²) in [4.78, 5) is 17.4. The Morgan fingerprint density at radius 1 is 1.00 bits per heavy atom. The van der Waals surface area contributed by atoms with Crippen LogP contribution < -0.4 is 0 Å². The van der Waals surface area contributed by atoms with Crippen molar-refractivity contribution in [1.82, 2.24) is 25.1 Å². The molecule has 0 aliphatic heterocycles. The van der Waals surface area contributed by atoms with Crippen LogP contribution in [0, 0.1) is 6.92 Å². The molecule has 0 saturated carbocycles. The van der Waals surface area contributed by atoms with Gasteiger partial charge < -0.3 is 4.52 Å². The molecule has 0 spiro atoms. The van der Waals surface area contributed by atoms with E-state index in [1.54, 1.807) is 24.8 Å². The van der Waals surface area contributed by atoms with Gasteiger partial charge in [-0.05, 0) is 19.1 Å². The van der Waals surface area contributed by atoms with Gasteiger partial charge in [0.25, 0.3) is 0 Å². The number of nitrogens with zero attached hydrogens (tertiary/aromatic N) is 5. The molecule has 0 saturated heterocycles. The van der Waals surface area contributed by atoms with Crippen LogP contribution in [0.5, 0.6) is 0 Å². The van der Waals surface area contributed by atoms with Gasteiger partial charge in [-0.25, -0.2) is 15.0 Å². The van der Waals surface area contributed by atoms with E-state index in [1.807, 2.05) is 37.3 Å². The van der Waals surface area contributed by atoms with Crippen LogP contribution in [0.2, 0.25) is 5.02 Å². The van der Waals surface area contributed by atoms with E-state index >= 15 is 0 Å². The number of hydrogen-bond donors (Lipinski definition) is 0. The molecule has 3 heterocycles. The van der Waals surface area contributed by atoms with Gasteiger partial charge in [0.1, 0.15) is 5.69 Å². The third-order valence-corrected chi connectivity index (χ3v) is 3.84. The van der Waals surface area contributed by atoms with Crippen LogP contribution in [0.1, 0.15) is 5.69 Å². The minimum absolute atomic E-state index is 0.484. The summed E-state index contributed by atoms with van der Waals surface area (Å²) in [6.07, 6.45) is 6.55. The Bertz CT molecular complexity index is 1020. The maximum Gasteiger partial charge on any atom is 0.180 e. The third-order valence-electron chi connectivity index (χ3n) is 3.59. The smallest absolute Gasteiger partial charge is 0.180 e. The third kappa shape index (κ3) is 3.12. The Labute approximate surface area is 148 Å². The van der Waals surface area contributed by atoms with E-state index in [0.29, 0.717) is 28.0 Å². The maximum absolute atomic E-state index is 6.01. The fourth-order valence-corrected chi connectivity index (χ4v) is 2.54. The first-order chi connectivity index (χ1) is 12.2. The maximum atomic E-state index is 6.01. The molecule has 0 aliphatic carbocycles. The summed E-state index contributed by atoms with van der Waals surface area (Å²) in [5, 5.41) is 4.60. The Hall–Kier alpha value is -3.12. The number of benzene rings is 1. The van der Waals surface area contributed by atoms with Crippen molar-refractivity contribution in [2.75, 3.05) is 0 Å². The molecule has 4 aromatic rings. The van der Waals surface area contributed by atoms with Gasteiger partial charge in [0.2, 0.25) is 0 Å². The summed E-state index contributed by atoms with van der Waals surface area (Å²) in [6.45, 7) is 1.86. The fourth-order valence-electron chi connectivity index (χ4n) is 2.42. The van der Waals surface area contributed by atoms with Crippen molar-refractivity contribution in [2.45, 2.75) is 6.92 Å². The highest BCUT2D eigenvalue weighted by Gasteiger charge is 2.16. The molecule has 0 atom stereocenters. The zero-order valence-electron chi connectivity index (χ0n) is 13.2. The molecule has 0 bridgehead atoms. The molecule has 4 rings (SSSR count). The van der Waals surface area contributed by atoms with Crippen LogP contribution in [0.4, 0.5) is 0 Å². The molecule has 25 heavy (non-hydrogen) atoms. The largest absolute Gasteiger partial charge is 0.356 e. The number of halogens is 1. The quantitative estimate of drug-likeness (QED) is 0.551. The van der Waals surface area contributed by atoms with Crippen LogP contribution >= 0.6 is 11.6 Å². The molecule has 6 nitrogen and oxygen atoms in total. The molecule has 0 amide bonds. The molecule has 0 fully saturated rings. The Kier molecular flexibility index (Phi) is 3.95. The highest BCUT2D eigenvalue weighted by atomic mass is 35.5. The minimum atomic E-state index is 0.484. The molecule has 7 heteroatoms. The summed E-state index contributed by atoms with van der Waals surface area (Å²) in [7, 11) is 0. The van der Waals surface area contributed by atoms with E-state index < -0.39 is 0 Å². The van der Waals surface area contributed by atoms with Crippen molar-refractivity contribution < 1.29 is 4.52 Å². The van der Waals surface area contributed by atoms with Gasteiger partial charge in [-0.1, -0.05) is 28.9 Å². The average Bonchev–Trinajstić information content (AvgIpc) is 3.09. The molecule has 1 aromatic carbocycles. The first kappa shape index (κ1) is 15.4. The van der Waals surface area contributed by atoms with Crippen LogP contribution in [0.15, 0.2) is 59.6 Å². The van der Waals surface area contributed by atoms with Gasteiger partial charge in [0.05, 0.1) is 23.1 Å². The molecule has 122 valence electrons. The number of aryl methyl sites for hydroxylation is 1. The van der Waals surface area contributed by atoms with Gasteiger partial charge in [-0.15, -0.1) is 0 Å². The zero-order chi connectivity index (χ0) is 17.2. The summed E-state index contributed by atoms with van der Waals surface area (Å²) < 4.78 is 5.40. The number of aromatic nitrogens is 5. The summed E-state index contributed by atoms with van der Waals surface area (Å²) >= 11 is 6.01. The average molecular weight is 350 g/mol. The summed E-state index contributed by atoms with van der Waals surface area (Å²) in [6, 6.07) is 9.28. The minimum Gasteiger partial charge on any atom is -0.356 e. The molecule has 0 aliphatic rings. The first-order valence-corrected chi connectivity index (χ1v) is 7.91. The second-order valence-electron chi connectivity index (χ2n) is 5.39. The molecule has 3 aromatic heterocycles. The lowest BCUT2D eigenvalue weighted by molar-refractivity contribution is 0.427. The fraction of sp³-hybridized carbons (Fsp3) is 0.0556. The standard InChI is InChI=1S/C18H12ClN5O/c1-11-8-16(25-24-11)14-9-22-18(15-10-20-6-7-21-15)23-17(14)12-2-4-13(19)5-3-12/h2-10H,1H3. The van der Waals surface area contributed by atoms with Crippen LogP contribution in [-0.4, -0.2) is 25.1 Å². The van der Waals surface area contributed by atoms with Crippen molar-refractivity contribution in [3.05, 3.63) is 65.8 Å². The SMILES string of the molecule is Cc1cc(-c2cnc(-c3cnccn3)nc2-c2ccc(Cl)cc2)on1. The summed E-state index contributed by atoms with van der Waals surface area (Å²) in [5.41, 5.74) is 3.73. The molecular formula is C18H12ClN5O. The van der Waals surface area contributed by atoms with Crippen LogP contribution in [0.3, 0.4) is 0 Å². The normalized spacial score (nSPS) is 10.8. The zero-order valence-corrected chi connectivity index (χ0v) is 14.0. The van der Waals surface area contributed by atoms with Gasteiger partial charge in [0, 0.05) is 35.2 Å². The van der Waals surface area contributed by atoms with Crippen LogP contribution in [0.25, 0.3) is 34.1 Å². The van der Waals surface area contributed by atoms with E-state index in [4.69, 9.17) is 16.1 Å². The summed E-state index contributed by atoms with van der Waals surface area (Å²) in [5.74, 6) is 1.09. The van der Waals surface area contributed by atoms with Crippen molar-refractivity contribution in [1.29, 1.82) is 0 Å². The van der Waals surface area contributed by atoms with Gasteiger partial charge in [0.15, 0.2) is 11.6 Å². The van der Waals surface area contributed by atoms with Crippen molar-refractivity contribution >= 4 is 11.6 Å². The molecule has 0 N–H and O–H groups in total. The molecular weight excluding hydrogens is 338 g/mol. The van der Waals surface area contributed by atoms with E-state index in [9.17, 15) is 0 Å². The van der Waals surface area contributed by atoms with Crippen molar-refractivity contribution in [3.63, 3.8) is 0 Å². The van der Waals surface area contributed by atoms with E-state index in [0.717, 1.165) is 16.8 Å². The predicted molar refractivity (Wildman–Crippen MR) is 93.7 cm³/mol. The lowest BCUT2D eigenvalue weighted by atomic mass is 10.1. The monoisotopic (exact) mass is 349 g/mol. The number of rotatable bonds is 3. The highest BCUT2D eigenvalue weighted by Crippen LogP contribution is 2.32. The van der Waals surface area contributed by atoms with Gasteiger partial charge in [-0.3, -0.25) is 4.98 Å². The van der Waals surface area contributed by atoms with Gasteiger partial charge >= 0.3 is 0 Å². The lowest BCUT2D eigenvalue weighted by Gasteiger charge is -2.08. The van der Waals surface area contributed by atoms with E-state index in [2.05, 4.69) is 25.1 Å². The molecule has 0 unspecified atom stereocenters. The predicted octanol–water partition coefficient (Wildman–Crippen LogP) is 4.22. The first-order valence-electron chi connectivity index (χ1n) is 7.54. The Balaban J connectivity index is 1.91. The van der Waals surface area contributed by atoms with Gasteiger partial charge in [-0.2, -0.15) is 0 Å². The number of hydrogen-bond acceptors (Lipinski definition) is 6. The second-order valence-corrected chi connectivity index (χ2v) is 5.82. The topological polar surface area (TPSA) is 77.6 Å².